The molecule has 0 saturated carbocycles. The Labute approximate surface area is 119 Å². The third-order valence-corrected chi connectivity index (χ3v) is 5.85. The number of nitrogens with zero attached hydrogens (tertiary/aromatic N) is 1. The molecule has 1 aromatic rings. The SMILES string of the molecule is Cc1ccc(Cl)cc1S(=O)(=O)N1CCCCC1CO. The number of piperidine rings is 1. The molecule has 0 spiro atoms. The summed E-state index contributed by atoms with van der Waals surface area (Å²) < 4.78 is 26.8. The summed E-state index contributed by atoms with van der Waals surface area (Å²) in [6.45, 7) is 2.07. The van der Waals surface area contributed by atoms with E-state index in [0.717, 1.165) is 12.8 Å². The first-order chi connectivity index (χ1) is 8.96. The zero-order valence-electron chi connectivity index (χ0n) is 10.8. The molecule has 1 fully saturated rings. The molecular formula is C13H18ClNO3S. The number of hydrogen-bond acceptors (Lipinski definition) is 3. The van der Waals surface area contributed by atoms with E-state index >= 15 is 0 Å². The van der Waals surface area contributed by atoms with Crippen molar-refractivity contribution in [2.75, 3.05) is 13.2 Å². The number of hydrogen-bond donors (Lipinski definition) is 1. The van der Waals surface area contributed by atoms with E-state index in [4.69, 9.17) is 11.6 Å². The molecule has 0 amide bonds. The molecule has 1 aliphatic heterocycles. The molecule has 1 aliphatic rings. The Morgan fingerprint density at radius 2 is 2.16 bits per heavy atom. The number of benzene rings is 1. The fourth-order valence-corrected chi connectivity index (χ4v) is 4.63. The predicted octanol–water partition coefficient (Wildman–Crippen LogP) is 2.18. The number of rotatable bonds is 3. The van der Waals surface area contributed by atoms with Crippen molar-refractivity contribution in [3.05, 3.63) is 28.8 Å². The van der Waals surface area contributed by atoms with Crippen molar-refractivity contribution in [3.8, 4) is 0 Å². The van der Waals surface area contributed by atoms with E-state index in [1.54, 1.807) is 19.1 Å². The first kappa shape index (κ1) is 14.8. The van der Waals surface area contributed by atoms with Crippen LogP contribution in [0.5, 0.6) is 0 Å². The maximum atomic E-state index is 12.7. The number of aryl methyl sites for hydroxylation is 1. The van der Waals surface area contributed by atoms with Crippen molar-refractivity contribution in [2.24, 2.45) is 0 Å². The first-order valence-corrected chi connectivity index (χ1v) is 8.17. The average molecular weight is 304 g/mol. The molecular weight excluding hydrogens is 286 g/mol. The highest BCUT2D eigenvalue weighted by Crippen LogP contribution is 2.28. The number of aliphatic hydroxyl groups is 1. The van der Waals surface area contributed by atoms with Crippen molar-refractivity contribution >= 4 is 21.6 Å². The molecule has 6 heteroatoms. The zero-order chi connectivity index (χ0) is 14.0. The van der Waals surface area contributed by atoms with Crippen molar-refractivity contribution in [1.82, 2.24) is 4.31 Å². The fourth-order valence-electron chi connectivity index (χ4n) is 2.45. The molecule has 1 atom stereocenters. The van der Waals surface area contributed by atoms with Gasteiger partial charge >= 0.3 is 0 Å². The van der Waals surface area contributed by atoms with E-state index in [-0.39, 0.29) is 17.5 Å². The van der Waals surface area contributed by atoms with Crippen molar-refractivity contribution in [1.29, 1.82) is 0 Å². The fraction of sp³-hybridized carbons (Fsp3) is 0.538. The van der Waals surface area contributed by atoms with Crippen molar-refractivity contribution in [2.45, 2.75) is 37.1 Å². The highest BCUT2D eigenvalue weighted by Gasteiger charge is 2.33. The molecule has 0 radical (unpaired) electrons. The first-order valence-electron chi connectivity index (χ1n) is 6.35. The zero-order valence-corrected chi connectivity index (χ0v) is 12.4. The van der Waals surface area contributed by atoms with Gasteiger partial charge in [-0.2, -0.15) is 4.31 Å². The molecule has 4 nitrogen and oxygen atoms in total. The predicted molar refractivity (Wildman–Crippen MR) is 74.8 cm³/mol. The van der Waals surface area contributed by atoms with Gasteiger partial charge in [-0.25, -0.2) is 8.42 Å². The van der Waals surface area contributed by atoms with Crippen LogP contribution in [0.15, 0.2) is 23.1 Å². The summed E-state index contributed by atoms with van der Waals surface area (Å²) in [7, 11) is -3.59. The van der Waals surface area contributed by atoms with Crippen LogP contribution in [-0.2, 0) is 10.0 Å². The summed E-state index contributed by atoms with van der Waals surface area (Å²) in [5.41, 5.74) is 0.673. The van der Waals surface area contributed by atoms with Gasteiger partial charge in [0.05, 0.1) is 11.5 Å². The lowest BCUT2D eigenvalue weighted by atomic mass is 10.1. The highest BCUT2D eigenvalue weighted by molar-refractivity contribution is 7.89. The van der Waals surface area contributed by atoms with E-state index in [1.165, 1.54) is 10.4 Å². The van der Waals surface area contributed by atoms with Gasteiger partial charge in [0.1, 0.15) is 0 Å². The van der Waals surface area contributed by atoms with Gasteiger partial charge < -0.3 is 5.11 Å². The monoisotopic (exact) mass is 303 g/mol. The average Bonchev–Trinajstić information content (AvgIpc) is 2.41. The minimum atomic E-state index is -3.59. The van der Waals surface area contributed by atoms with Crippen molar-refractivity contribution < 1.29 is 13.5 Å². The van der Waals surface area contributed by atoms with E-state index in [9.17, 15) is 13.5 Å². The maximum absolute atomic E-state index is 12.7. The lowest BCUT2D eigenvalue weighted by molar-refractivity contribution is 0.155. The summed E-state index contributed by atoms with van der Waals surface area (Å²) in [5, 5.41) is 9.77. The molecule has 19 heavy (non-hydrogen) atoms. The maximum Gasteiger partial charge on any atom is 0.243 e. The minimum Gasteiger partial charge on any atom is -0.395 e. The summed E-state index contributed by atoms with van der Waals surface area (Å²) in [4.78, 5) is 0.236. The Bertz CT molecular complexity index is 559. The normalized spacial score (nSPS) is 21.5. The Kier molecular flexibility index (Phi) is 4.50. The van der Waals surface area contributed by atoms with E-state index in [1.807, 2.05) is 0 Å². The smallest absolute Gasteiger partial charge is 0.243 e. The number of sulfonamides is 1. The highest BCUT2D eigenvalue weighted by atomic mass is 35.5. The van der Waals surface area contributed by atoms with Gasteiger partial charge in [-0.1, -0.05) is 24.1 Å². The molecule has 106 valence electrons. The van der Waals surface area contributed by atoms with Crippen LogP contribution in [0, 0.1) is 6.92 Å². The number of aliphatic hydroxyl groups excluding tert-OH is 1. The molecule has 1 N–H and O–H groups in total. The van der Waals surface area contributed by atoms with Crippen LogP contribution in [-0.4, -0.2) is 37.0 Å². The van der Waals surface area contributed by atoms with Crippen LogP contribution in [0.1, 0.15) is 24.8 Å². The number of halogens is 1. The van der Waals surface area contributed by atoms with E-state index < -0.39 is 10.0 Å². The van der Waals surface area contributed by atoms with Gasteiger partial charge in [-0.3, -0.25) is 0 Å². The van der Waals surface area contributed by atoms with Crippen LogP contribution in [0.3, 0.4) is 0 Å². The largest absolute Gasteiger partial charge is 0.395 e. The molecule has 0 aromatic heterocycles. The lowest BCUT2D eigenvalue weighted by Crippen LogP contribution is -2.45. The Morgan fingerprint density at radius 3 is 2.84 bits per heavy atom. The van der Waals surface area contributed by atoms with Crippen LogP contribution in [0.25, 0.3) is 0 Å². The second-order valence-corrected chi connectivity index (χ2v) is 7.15. The summed E-state index contributed by atoms with van der Waals surface area (Å²) >= 11 is 5.90. The standard InChI is InChI=1S/C13H18ClNO3S/c1-10-5-6-11(14)8-13(10)19(17,18)15-7-3-2-4-12(15)9-16/h5-6,8,12,16H,2-4,7,9H2,1H3. The molecule has 1 heterocycles. The van der Waals surface area contributed by atoms with E-state index in [2.05, 4.69) is 0 Å². The molecule has 1 unspecified atom stereocenters. The third kappa shape index (κ3) is 2.94. The second-order valence-electron chi connectivity index (χ2n) is 4.86. The summed E-state index contributed by atoms with van der Waals surface area (Å²) in [6.07, 6.45) is 2.48. The molecule has 0 aliphatic carbocycles. The van der Waals surface area contributed by atoms with Crippen LogP contribution >= 0.6 is 11.6 Å². The Balaban J connectivity index is 2.43. The Morgan fingerprint density at radius 1 is 1.42 bits per heavy atom. The summed E-state index contributed by atoms with van der Waals surface area (Å²) in [6, 6.07) is 4.54. The topological polar surface area (TPSA) is 57.6 Å². The second kappa shape index (κ2) is 5.79. The van der Waals surface area contributed by atoms with Crippen LogP contribution < -0.4 is 0 Å². The van der Waals surface area contributed by atoms with E-state index in [0.29, 0.717) is 23.6 Å². The molecule has 2 rings (SSSR count). The van der Waals surface area contributed by atoms with Gasteiger partial charge in [0.15, 0.2) is 0 Å². The van der Waals surface area contributed by atoms with Crippen LogP contribution in [0.4, 0.5) is 0 Å². The van der Waals surface area contributed by atoms with Gasteiger partial charge in [-0.15, -0.1) is 0 Å². The molecule has 0 bridgehead atoms. The minimum absolute atomic E-state index is 0.140. The van der Waals surface area contributed by atoms with Gasteiger partial charge in [0, 0.05) is 17.6 Å². The van der Waals surface area contributed by atoms with Gasteiger partial charge in [-0.05, 0) is 37.5 Å². The van der Waals surface area contributed by atoms with Gasteiger partial charge in [0.25, 0.3) is 0 Å². The van der Waals surface area contributed by atoms with Gasteiger partial charge in [0.2, 0.25) is 10.0 Å². The van der Waals surface area contributed by atoms with Crippen molar-refractivity contribution in [3.63, 3.8) is 0 Å². The quantitative estimate of drug-likeness (QED) is 0.931. The summed E-state index contributed by atoms with van der Waals surface area (Å²) in [5.74, 6) is 0. The molecule has 1 saturated heterocycles. The lowest BCUT2D eigenvalue weighted by Gasteiger charge is -2.33. The Hall–Kier alpha value is -0.620. The molecule has 1 aromatic carbocycles. The third-order valence-electron chi connectivity index (χ3n) is 3.52. The van der Waals surface area contributed by atoms with Crippen LogP contribution in [0.2, 0.25) is 5.02 Å².